The monoisotopic (exact) mass is 313 g/mol. The zero-order chi connectivity index (χ0) is 12.4. The fourth-order valence-corrected chi connectivity index (χ4v) is 2.24. The highest BCUT2D eigenvalue weighted by atomic mass is 79.9. The van der Waals surface area contributed by atoms with Crippen LogP contribution in [-0.4, -0.2) is 10.2 Å². The predicted molar refractivity (Wildman–Crippen MR) is 74.5 cm³/mol. The first-order chi connectivity index (χ1) is 8.09. The molecule has 17 heavy (non-hydrogen) atoms. The first-order valence-electron chi connectivity index (χ1n) is 5.28. The molecule has 2 N–H and O–H groups in total. The van der Waals surface area contributed by atoms with Crippen molar-refractivity contribution in [2.24, 2.45) is 0 Å². The maximum Gasteiger partial charge on any atom is 0.0643 e. The van der Waals surface area contributed by atoms with Crippen molar-refractivity contribution in [1.29, 1.82) is 0 Å². The fraction of sp³-hybridized carbons (Fsp3) is 0.250. The summed E-state index contributed by atoms with van der Waals surface area (Å²) in [7, 11) is 0. The lowest BCUT2D eigenvalue weighted by Gasteiger charge is -2.09. The van der Waals surface area contributed by atoms with Gasteiger partial charge in [0.1, 0.15) is 0 Å². The van der Waals surface area contributed by atoms with Crippen LogP contribution in [0.1, 0.15) is 17.0 Å². The molecule has 0 radical (unpaired) electrons. The van der Waals surface area contributed by atoms with E-state index in [1.165, 1.54) is 5.56 Å². The summed E-state index contributed by atoms with van der Waals surface area (Å²) in [6.45, 7) is 4.74. The smallest absolute Gasteiger partial charge is 0.0643 e. The summed E-state index contributed by atoms with van der Waals surface area (Å²) >= 11 is 9.50. The van der Waals surface area contributed by atoms with E-state index in [0.29, 0.717) is 5.02 Å². The van der Waals surface area contributed by atoms with E-state index in [9.17, 15) is 0 Å². The maximum absolute atomic E-state index is 6.03. The number of hydrogen-bond acceptors (Lipinski definition) is 2. The average molecular weight is 315 g/mol. The Bertz CT molecular complexity index is 517. The highest BCUT2D eigenvalue weighted by Gasteiger charge is 2.08. The van der Waals surface area contributed by atoms with Gasteiger partial charge in [0.05, 0.1) is 20.9 Å². The summed E-state index contributed by atoms with van der Waals surface area (Å²) in [6.07, 6.45) is 0. The molecule has 0 unspecified atom stereocenters. The largest absolute Gasteiger partial charge is 0.380 e. The molecular weight excluding hydrogens is 302 g/mol. The normalized spacial score (nSPS) is 10.6. The highest BCUT2D eigenvalue weighted by Crippen LogP contribution is 2.30. The molecule has 2 aromatic rings. The molecule has 0 spiro atoms. The number of rotatable bonds is 3. The second-order valence-corrected chi connectivity index (χ2v) is 5.07. The molecule has 1 aromatic carbocycles. The van der Waals surface area contributed by atoms with Crippen molar-refractivity contribution in [3.05, 3.63) is 44.6 Å². The zero-order valence-corrected chi connectivity index (χ0v) is 12.0. The van der Waals surface area contributed by atoms with E-state index in [1.54, 1.807) is 0 Å². The van der Waals surface area contributed by atoms with Gasteiger partial charge in [0.2, 0.25) is 0 Å². The third kappa shape index (κ3) is 2.64. The maximum atomic E-state index is 6.03. The summed E-state index contributed by atoms with van der Waals surface area (Å²) in [5.74, 6) is 0. The lowest BCUT2D eigenvalue weighted by atomic mass is 10.2. The van der Waals surface area contributed by atoms with Gasteiger partial charge >= 0.3 is 0 Å². The lowest BCUT2D eigenvalue weighted by Crippen LogP contribution is -2.02. The summed E-state index contributed by atoms with van der Waals surface area (Å²) in [5, 5.41) is 11.2. The Balaban J connectivity index is 2.15. The van der Waals surface area contributed by atoms with Crippen LogP contribution in [0.5, 0.6) is 0 Å². The van der Waals surface area contributed by atoms with Crippen molar-refractivity contribution in [2.75, 3.05) is 5.32 Å². The van der Waals surface area contributed by atoms with Gasteiger partial charge in [-0.15, -0.1) is 0 Å². The van der Waals surface area contributed by atoms with Gasteiger partial charge in [0, 0.05) is 17.8 Å². The first-order valence-corrected chi connectivity index (χ1v) is 6.45. The van der Waals surface area contributed by atoms with Gasteiger partial charge in [-0.2, -0.15) is 5.10 Å². The van der Waals surface area contributed by atoms with Gasteiger partial charge in [-0.25, -0.2) is 0 Å². The van der Waals surface area contributed by atoms with Crippen molar-refractivity contribution in [3.8, 4) is 0 Å². The minimum absolute atomic E-state index is 0.704. The van der Waals surface area contributed by atoms with Crippen LogP contribution in [0.3, 0.4) is 0 Å². The van der Waals surface area contributed by atoms with E-state index in [1.807, 2.05) is 32.0 Å². The number of halogens is 2. The molecule has 0 aliphatic heterocycles. The third-order valence-corrected chi connectivity index (χ3v) is 4.09. The molecule has 0 aliphatic rings. The number of aromatic nitrogens is 2. The predicted octanol–water partition coefficient (Wildman–Crippen LogP) is 4.05. The van der Waals surface area contributed by atoms with Crippen LogP contribution in [0.15, 0.2) is 22.7 Å². The summed E-state index contributed by atoms with van der Waals surface area (Å²) in [5.41, 5.74) is 4.29. The van der Waals surface area contributed by atoms with Crippen LogP contribution in [0, 0.1) is 13.8 Å². The first kappa shape index (κ1) is 12.5. The van der Waals surface area contributed by atoms with Crippen LogP contribution in [-0.2, 0) is 6.54 Å². The van der Waals surface area contributed by atoms with Crippen molar-refractivity contribution in [2.45, 2.75) is 20.4 Å². The molecule has 1 aromatic heterocycles. The Morgan fingerprint density at radius 1 is 1.41 bits per heavy atom. The topological polar surface area (TPSA) is 40.7 Å². The molecule has 2 rings (SSSR count). The molecule has 0 saturated heterocycles. The van der Waals surface area contributed by atoms with Crippen LogP contribution < -0.4 is 5.32 Å². The van der Waals surface area contributed by atoms with Gasteiger partial charge in [-0.05, 0) is 41.9 Å². The number of nitrogens with one attached hydrogen (secondary N) is 2. The Morgan fingerprint density at radius 2 is 2.18 bits per heavy atom. The Morgan fingerprint density at radius 3 is 2.82 bits per heavy atom. The van der Waals surface area contributed by atoms with Crippen LogP contribution >= 0.6 is 27.5 Å². The van der Waals surface area contributed by atoms with Gasteiger partial charge in [0.25, 0.3) is 0 Å². The molecule has 0 atom stereocenters. The van der Waals surface area contributed by atoms with E-state index in [-0.39, 0.29) is 0 Å². The number of aryl methyl sites for hydroxylation is 2. The van der Waals surface area contributed by atoms with Crippen LogP contribution in [0.4, 0.5) is 5.69 Å². The van der Waals surface area contributed by atoms with Gasteiger partial charge < -0.3 is 5.32 Å². The Hall–Kier alpha value is -1.000. The number of hydrogen-bond donors (Lipinski definition) is 2. The van der Waals surface area contributed by atoms with Gasteiger partial charge in [0.15, 0.2) is 0 Å². The van der Waals surface area contributed by atoms with E-state index in [0.717, 1.165) is 28.1 Å². The average Bonchev–Trinajstić information content (AvgIpc) is 2.62. The second-order valence-electron chi connectivity index (χ2n) is 3.87. The molecule has 0 fully saturated rings. The molecule has 0 amide bonds. The molecule has 90 valence electrons. The summed E-state index contributed by atoms with van der Waals surface area (Å²) in [6, 6.07) is 5.76. The van der Waals surface area contributed by atoms with Crippen molar-refractivity contribution in [3.63, 3.8) is 0 Å². The molecule has 0 saturated carbocycles. The third-order valence-electron chi connectivity index (χ3n) is 2.69. The standard InChI is InChI=1S/C12H13BrClN3/c1-7-9(8(2)17-16-7)6-15-11-5-3-4-10(14)12(11)13/h3-5,15H,6H2,1-2H3,(H,16,17). The van der Waals surface area contributed by atoms with E-state index in [2.05, 4.69) is 31.4 Å². The molecule has 0 bridgehead atoms. The Kier molecular flexibility index (Phi) is 3.74. The van der Waals surface area contributed by atoms with Crippen molar-refractivity contribution in [1.82, 2.24) is 10.2 Å². The summed E-state index contributed by atoms with van der Waals surface area (Å²) in [4.78, 5) is 0. The van der Waals surface area contributed by atoms with E-state index in [4.69, 9.17) is 11.6 Å². The molecule has 3 nitrogen and oxygen atoms in total. The number of benzene rings is 1. The second kappa shape index (κ2) is 5.10. The minimum Gasteiger partial charge on any atom is -0.380 e. The van der Waals surface area contributed by atoms with Gasteiger partial charge in [-0.1, -0.05) is 17.7 Å². The van der Waals surface area contributed by atoms with Crippen LogP contribution in [0.25, 0.3) is 0 Å². The van der Waals surface area contributed by atoms with Crippen molar-refractivity contribution >= 4 is 33.2 Å². The minimum atomic E-state index is 0.704. The van der Waals surface area contributed by atoms with Gasteiger partial charge in [-0.3, -0.25) is 5.10 Å². The quantitative estimate of drug-likeness (QED) is 0.897. The highest BCUT2D eigenvalue weighted by molar-refractivity contribution is 9.10. The Labute approximate surface area is 114 Å². The van der Waals surface area contributed by atoms with Crippen LogP contribution in [0.2, 0.25) is 5.02 Å². The fourth-order valence-electron chi connectivity index (χ4n) is 1.66. The molecule has 0 aliphatic carbocycles. The number of nitrogens with zero attached hydrogens (tertiary/aromatic N) is 1. The molecule has 1 heterocycles. The van der Waals surface area contributed by atoms with E-state index >= 15 is 0 Å². The molecule has 5 heteroatoms. The number of H-pyrrole nitrogens is 1. The number of aromatic amines is 1. The zero-order valence-electron chi connectivity index (χ0n) is 9.64. The van der Waals surface area contributed by atoms with Crippen molar-refractivity contribution < 1.29 is 0 Å². The SMILES string of the molecule is Cc1n[nH]c(C)c1CNc1cccc(Cl)c1Br. The number of anilines is 1. The molecular formula is C12H13BrClN3. The lowest BCUT2D eigenvalue weighted by molar-refractivity contribution is 1.02. The van der Waals surface area contributed by atoms with E-state index < -0.39 is 0 Å². The summed E-state index contributed by atoms with van der Waals surface area (Å²) < 4.78 is 0.889.